The second-order valence-corrected chi connectivity index (χ2v) is 7.50. The van der Waals surface area contributed by atoms with E-state index < -0.39 is 5.63 Å². The molecule has 2 aliphatic heterocycles. The lowest BCUT2D eigenvalue weighted by molar-refractivity contribution is -0.120. The number of aryl methyl sites for hydroxylation is 1. The predicted octanol–water partition coefficient (Wildman–Crippen LogP) is 2.51. The molecule has 1 aromatic carbocycles. The van der Waals surface area contributed by atoms with E-state index in [0.29, 0.717) is 42.1 Å². The number of phenolic OH excluding ortho intramolecular Hbond substituents is 1. The lowest BCUT2D eigenvalue weighted by atomic mass is 9.98. The molecule has 3 heterocycles. The summed E-state index contributed by atoms with van der Waals surface area (Å²) in [7, 11) is 0. The van der Waals surface area contributed by atoms with Crippen molar-refractivity contribution in [3.05, 3.63) is 34.2 Å². The Morgan fingerprint density at radius 1 is 1.27 bits per heavy atom. The molecule has 6 heteroatoms. The Morgan fingerprint density at radius 3 is 2.81 bits per heavy atom. The van der Waals surface area contributed by atoms with Gasteiger partial charge in [-0.05, 0) is 68.5 Å². The fourth-order valence-electron chi connectivity index (χ4n) is 4.04. The van der Waals surface area contributed by atoms with Crippen LogP contribution in [0.5, 0.6) is 5.75 Å². The predicted molar refractivity (Wildman–Crippen MR) is 99.7 cm³/mol. The number of aromatic hydroxyl groups is 1. The van der Waals surface area contributed by atoms with Crippen LogP contribution in [0.3, 0.4) is 0 Å². The van der Waals surface area contributed by atoms with Gasteiger partial charge in [0.25, 0.3) is 0 Å². The second kappa shape index (κ2) is 6.76. The number of rotatable bonds is 2. The summed E-state index contributed by atoms with van der Waals surface area (Å²) in [4.78, 5) is 29.3. The first-order valence-electron chi connectivity index (χ1n) is 9.34. The number of hydrogen-bond acceptors (Lipinski definition) is 5. The lowest BCUT2D eigenvalue weighted by Crippen LogP contribution is -2.46. The Morgan fingerprint density at radius 2 is 2.04 bits per heavy atom. The topological polar surface area (TPSA) is 74.0 Å². The molecule has 0 aliphatic carbocycles. The highest BCUT2D eigenvalue weighted by Crippen LogP contribution is 2.32. The van der Waals surface area contributed by atoms with Gasteiger partial charge in [0.15, 0.2) is 0 Å². The summed E-state index contributed by atoms with van der Waals surface area (Å²) in [5.74, 6) is 0.787. The smallest absolute Gasteiger partial charge is 0.360 e. The summed E-state index contributed by atoms with van der Waals surface area (Å²) in [5.41, 5.74) is 1.13. The van der Waals surface area contributed by atoms with Crippen LogP contribution in [0.4, 0.5) is 5.69 Å². The van der Waals surface area contributed by atoms with Crippen LogP contribution < -0.4 is 10.5 Å². The van der Waals surface area contributed by atoms with Crippen molar-refractivity contribution in [1.29, 1.82) is 0 Å². The van der Waals surface area contributed by atoms with E-state index in [1.165, 1.54) is 6.07 Å². The van der Waals surface area contributed by atoms with Crippen LogP contribution in [0.1, 0.15) is 31.7 Å². The number of nitrogens with zero attached hydrogens (tertiary/aromatic N) is 2. The van der Waals surface area contributed by atoms with E-state index in [4.69, 9.17) is 4.42 Å². The molecular formula is C20H24N2O4. The molecule has 1 saturated heterocycles. The molecule has 1 aromatic heterocycles. The number of carbonyl (C=O) groups excluding carboxylic acids is 1. The van der Waals surface area contributed by atoms with Gasteiger partial charge in [-0.2, -0.15) is 0 Å². The number of likely N-dealkylation sites (tertiary alicyclic amines) is 1. The third-order valence-electron chi connectivity index (χ3n) is 5.58. The van der Waals surface area contributed by atoms with Crippen LogP contribution in [0, 0.1) is 5.92 Å². The summed E-state index contributed by atoms with van der Waals surface area (Å²) in [6, 6.07) is 4.71. The van der Waals surface area contributed by atoms with Crippen LogP contribution in [-0.4, -0.2) is 42.1 Å². The van der Waals surface area contributed by atoms with E-state index in [0.717, 1.165) is 37.9 Å². The molecule has 0 unspecified atom stereocenters. The summed E-state index contributed by atoms with van der Waals surface area (Å²) >= 11 is 0. The molecule has 2 aromatic rings. The molecule has 0 spiro atoms. The number of hydrogen-bond donors (Lipinski definition) is 1. The minimum atomic E-state index is -0.474. The first-order chi connectivity index (χ1) is 12.5. The number of carbonyl (C=O) groups is 1. The number of anilines is 1. The van der Waals surface area contributed by atoms with Crippen molar-refractivity contribution in [3.63, 3.8) is 0 Å². The highest BCUT2D eigenvalue weighted by Gasteiger charge is 2.30. The van der Waals surface area contributed by atoms with Crippen molar-refractivity contribution in [2.75, 3.05) is 31.1 Å². The molecular weight excluding hydrogens is 332 g/mol. The van der Waals surface area contributed by atoms with Crippen LogP contribution >= 0.6 is 0 Å². The van der Waals surface area contributed by atoms with Crippen molar-refractivity contribution < 1.29 is 14.3 Å². The van der Waals surface area contributed by atoms with Crippen molar-refractivity contribution >= 4 is 22.6 Å². The maximum atomic E-state index is 12.9. The monoisotopic (exact) mass is 356 g/mol. The van der Waals surface area contributed by atoms with Gasteiger partial charge in [0.05, 0.1) is 6.54 Å². The molecule has 2 aliphatic rings. The third kappa shape index (κ3) is 3.09. The Balaban J connectivity index is 1.66. The Bertz CT molecular complexity index is 897. The average Bonchev–Trinajstić information content (AvgIpc) is 2.64. The Hall–Kier alpha value is -2.34. The zero-order valence-electron chi connectivity index (χ0n) is 15.0. The Kier molecular flexibility index (Phi) is 4.44. The van der Waals surface area contributed by atoms with E-state index >= 15 is 0 Å². The zero-order valence-corrected chi connectivity index (χ0v) is 15.0. The van der Waals surface area contributed by atoms with Crippen molar-refractivity contribution in [1.82, 2.24) is 4.90 Å². The largest absolute Gasteiger partial charge is 0.508 e. The van der Waals surface area contributed by atoms with Crippen molar-refractivity contribution in [2.24, 2.45) is 5.92 Å². The van der Waals surface area contributed by atoms with E-state index in [1.807, 2.05) is 0 Å². The quantitative estimate of drug-likeness (QED) is 0.837. The van der Waals surface area contributed by atoms with Gasteiger partial charge in [0, 0.05) is 11.9 Å². The molecule has 138 valence electrons. The molecule has 0 atom stereocenters. The zero-order chi connectivity index (χ0) is 18.3. The first kappa shape index (κ1) is 17.1. The molecule has 26 heavy (non-hydrogen) atoms. The van der Waals surface area contributed by atoms with Gasteiger partial charge in [-0.3, -0.25) is 9.69 Å². The molecule has 6 nitrogen and oxygen atoms in total. The SMILES string of the molecule is CC1CCN(CC(=O)N2CCCc3c2c(=O)oc2ccc(O)cc32)CC1. The van der Waals surface area contributed by atoms with Gasteiger partial charge < -0.3 is 14.4 Å². The van der Waals surface area contributed by atoms with Gasteiger partial charge >= 0.3 is 5.63 Å². The van der Waals surface area contributed by atoms with E-state index in [2.05, 4.69) is 11.8 Å². The first-order valence-corrected chi connectivity index (χ1v) is 9.34. The van der Waals surface area contributed by atoms with Crippen molar-refractivity contribution in [3.8, 4) is 5.75 Å². The summed E-state index contributed by atoms with van der Waals surface area (Å²) in [6.07, 6.45) is 3.71. The molecule has 1 N–H and O–H groups in total. The highest BCUT2D eigenvalue weighted by molar-refractivity contribution is 5.98. The molecule has 0 radical (unpaired) electrons. The van der Waals surface area contributed by atoms with Crippen LogP contribution in [0.2, 0.25) is 0 Å². The van der Waals surface area contributed by atoms with Crippen LogP contribution in [0.25, 0.3) is 11.0 Å². The van der Waals surface area contributed by atoms with Crippen molar-refractivity contribution in [2.45, 2.75) is 32.6 Å². The second-order valence-electron chi connectivity index (χ2n) is 7.50. The normalized spacial score (nSPS) is 18.9. The lowest BCUT2D eigenvalue weighted by Gasteiger charge is -2.33. The van der Waals surface area contributed by atoms with Gasteiger partial charge in [-0.25, -0.2) is 4.79 Å². The summed E-state index contributed by atoms with van der Waals surface area (Å²) < 4.78 is 5.43. The summed E-state index contributed by atoms with van der Waals surface area (Å²) in [6.45, 7) is 4.96. The number of fused-ring (bicyclic) bond motifs is 3. The van der Waals surface area contributed by atoms with E-state index in [9.17, 15) is 14.7 Å². The summed E-state index contributed by atoms with van der Waals surface area (Å²) in [5, 5.41) is 10.5. The van der Waals surface area contributed by atoms with E-state index in [-0.39, 0.29) is 11.7 Å². The van der Waals surface area contributed by atoms with Crippen LogP contribution in [-0.2, 0) is 11.2 Å². The number of amides is 1. The minimum Gasteiger partial charge on any atom is -0.508 e. The molecule has 0 saturated carbocycles. The molecule has 0 bridgehead atoms. The fourth-order valence-corrected chi connectivity index (χ4v) is 4.04. The third-order valence-corrected chi connectivity index (χ3v) is 5.58. The molecule has 1 amide bonds. The maximum absolute atomic E-state index is 12.9. The fraction of sp³-hybridized carbons (Fsp3) is 0.500. The number of benzene rings is 1. The minimum absolute atomic E-state index is 0.0488. The van der Waals surface area contributed by atoms with E-state index in [1.54, 1.807) is 17.0 Å². The average molecular weight is 356 g/mol. The van der Waals surface area contributed by atoms with Gasteiger partial charge in [0.1, 0.15) is 17.0 Å². The molecule has 1 fully saturated rings. The van der Waals surface area contributed by atoms with Gasteiger partial charge in [0.2, 0.25) is 5.91 Å². The number of phenols is 1. The molecule has 4 rings (SSSR count). The van der Waals surface area contributed by atoms with Gasteiger partial charge in [-0.1, -0.05) is 6.92 Å². The van der Waals surface area contributed by atoms with Crippen LogP contribution in [0.15, 0.2) is 27.4 Å². The Labute approximate surface area is 152 Å². The standard InChI is InChI=1S/C20H24N2O4/c1-13-6-9-21(10-7-13)12-18(24)22-8-2-3-15-16-11-14(23)4-5-17(16)26-20(25)19(15)22/h4-5,11,13,23H,2-3,6-10,12H2,1H3. The maximum Gasteiger partial charge on any atom is 0.360 e. The van der Waals surface area contributed by atoms with Gasteiger partial charge in [-0.15, -0.1) is 0 Å². The highest BCUT2D eigenvalue weighted by atomic mass is 16.4. The number of piperidine rings is 1.